The molecule has 9 heteroatoms. The lowest BCUT2D eigenvalue weighted by Gasteiger charge is -2.10. The molecule has 0 aliphatic heterocycles. The Kier molecular flexibility index (Phi) is 4.30. The van der Waals surface area contributed by atoms with Crippen molar-refractivity contribution in [1.29, 1.82) is 0 Å². The fourth-order valence-corrected chi connectivity index (χ4v) is 1.31. The van der Waals surface area contributed by atoms with Crippen LogP contribution in [0.1, 0.15) is 5.56 Å². The minimum Gasteiger partial charge on any atom is -0.469 e. The van der Waals surface area contributed by atoms with Crippen LogP contribution in [0, 0.1) is 10.1 Å². The molecule has 0 aliphatic carbocycles. The van der Waals surface area contributed by atoms with E-state index in [-0.39, 0.29) is 5.56 Å². The Bertz CT molecular complexity index is 500. The molecule has 104 valence electrons. The average Bonchev–Trinajstić information content (AvgIpc) is 2.26. The van der Waals surface area contributed by atoms with Gasteiger partial charge in [-0.3, -0.25) is 14.9 Å². The number of carbonyl (C=O) groups is 1. The number of ether oxygens (including phenoxy) is 2. The van der Waals surface area contributed by atoms with E-state index in [2.05, 4.69) is 9.47 Å². The number of benzene rings is 1. The van der Waals surface area contributed by atoms with Gasteiger partial charge >= 0.3 is 12.3 Å². The van der Waals surface area contributed by atoms with Gasteiger partial charge in [-0.25, -0.2) is 0 Å². The van der Waals surface area contributed by atoms with E-state index in [0.717, 1.165) is 25.3 Å². The molecular formula is C10H8F3NO5. The second kappa shape index (κ2) is 5.55. The molecule has 0 N–H and O–H groups in total. The van der Waals surface area contributed by atoms with Gasteiger partial charge in [0.15, 0.2) is 0 Å². The first-order valence-electron chi connectivity index (χ1n) is 4.83. The van der Waals surface area contributed by atoms with Gasteiger partial charge in [-0.2, -0.15) is 0 Å². The molecule has 0 saturated heterocycles. The van der Waals surface area contributed by atoms with E-state index in [1.165, 1.54) is 0 Å². The third-order valence-electron chi connectivity index (χ3n) is 2.04. The van der Waals surface area contributed by atoms with E-state index in [9.17, 15) is 28.1 Å². The summed E-state index contributed by atoms with van der Waals surface area (Å²) in [6.45, 7) is 0. The normalized spacial score (nSPS) is 10.9. The Morgan fingerprint density at radius 1 is 1.42 bits per heavy atom. The number of esters is 1. The molecule has 1 aromatic rings. The van der Waals surface area contributed by atoms with Gasteiger partial charge in [0.1, 0.15) is 5.75 Å². The third kappa shape index (κ3) is 4.45. The largest absolute Gasteiger partial charge is 0.573 e. The van der Waals surface area contributed by atoms with Crippen molar-refractivity contribution in [2.45, 2.75) is 12.8 Å². The molecule has 19 heavy (non-hydrogen) atoms. The molecule has 0 fully saturated rings. The Labute approximate surface area is 104 Å². The van der Waals surface area contributed by atoms with Crippen molar-refractivity contribution < 1.29 is 32.4 Å². The van der Waals surface area contributed by atoms with Gasteiger partial charge in [-0.15, -0.1) is 13.2 Å². The second-order valence-corrected chi connectivity index (χ2v) is 3.35. The van der Waals surface area contributed by atoms with Crippen molar-refractivity contribution in [3.8, 4) is 5.75 Å². The zero-order chi connectivity index (χ0) is 14.6. The monoisotopic (exact) mass is 279 g/mol. The minimum absolute atomic E-state index is 0.224. The zero-order valence-corrected chi connectivity index (χ0v) is 9.56. The van der Waals surface area contributed by atoms with Gasteiger partial charge in [-0.1, -0.05) is 0 Å². The lowest BCUT2D eigenvalue weighted by molar-refractivity contribution is -0.385. The number of halogens is 3. The molecule has 0 saturated carbocycles. The number of nitro benzene ring substituents is 1. The second-order valence-electron chi connectivity index (χ2n) is 3.35. The van der Waals surface area contributed by atoms with Crippen molar-refractivity contribution in [2.75, 3.05) is 7.11 Å². The van der Waals surface area contributed by atoms with Crippen LogP contribution in [0.3, 0.4) is 0 Å². The Morgan fingerprint density at radius 2 is 2.05 bits per heavy atom. The standard InChI is InChI=1S/C10H8F3NO5/c1-18-9(15)5-6-4-7(19-10(11,12)13)2-3-8(6)14(16)17/h2-4H,5H2,1H3. The highest BCUT2D eigenvalue weighted by Crippen LogP contribution is 2.28. The maximum atomic E-state index is 12.0. The number of hydrogen-bond donors (Lipinski definition) is 0. The molecule has 1 aromatic carbocycles. The first kappa shape index (κ1) is 14.7. The third-order valence-corrected chi connectivity index (χ3v) is 2.04. The molecule has 0 atom stereocenters. The molecule has 0 unspecified atom stereocenters. The van der Waals surface area contributed by atoms with Gasteiger partial charge in [0, 0.05) is 11.6 Å². The van der Waals surface area contributed by atoms with Crippen LogP contribution in [0.5, 0.6) is 5.75 Å². The van der Waals surface area contributed by atoms with Crippen molar-refractivity contribution in [3.05, 3.63) is 33.9 Å². The number of hydrogen-bond acceptors (Lipinski definition) is 5. The van der Waals surface area contributed by atoms with Crippen LogP contribution in [0.25, 0.3) is 0 Å². The fraction of sp³-hybridized carbons (Fsp3) is 0.300. The molecule has 0 bridgehead atoms. The highest BCUT2D eigenvalue weighted by Gasteiger charge is 2.32. The predicted octanol–water partition coefficient (Wildman–Crippen LogP) is 2.21. The summed E-state index contributed by atoms with van der Waals surface area (Å²) < 4.78 is 44.0. The van der Waals surface area contributed by atoms with E-state index < -0.39 is 35.1 Å². The number of methoxy groups -OCH3 is 1. The molecule has 1 rings (SSSR count). The SMILES string of the molecule is COC(=O)Cc1cc(OC(F)(F)F)ccc1[N+](=O)[O-]. The summed E-state index contributed by atoms with van der Waals surface area (Å²) in [7, 11) is 1.06. The van der Waals surface area contributed by atoms with Crippen molar-refractivity contribution in [1.82, 2.24) is 0 Å². The van der Waals surface area contributed by atoms with Gasteiger partial charge < -0.3 is 9.47 Å². The Morgan fingerprint density at radius 3 is 2.53 bits per heavy atom. The number of nitrogens with zero attached hydrogens (tertiary/aromatic N) is 1. The van der Waals surface area contributed by atoms with Crippen LogP contribution < -0.4 is 4.74 Å². The maximum Gasteiger partial charge on any atom is 0.573 e. The van der Waals surface area contributed by atoms with Crippen LogP contribution in [0.4, 0.5) is 18.9 Å². The minimum atomic E-state index is -4.92. The quantitative estimate of drug-likeness (QED) is 0.479. The van der Waals surface area contributed by atoms with Gasteiger partial charge in [0.2, 0.25) is 0 Å². The average molecular weight is 279 g/mol. The number of carbonyl (C=O) groups excluding carboxylic acids is 1. The van der Waals surface area contributed by atoms with Crippen molar-refractivity contribution in [2.24, 2.45) is 0 Å². The van der Waals surface area contributed by atoms with Crippen LogP contribution >= 0.6 is 0 Å². The molecule has 0 spiro atoms. The molecular weight excluding hydrogens is 271 g/mol. The lowest BCUT2D eigenvalue weighted by Crippen LogP contribution is -2.17. The van der Waals surface area contributed by atoms with Crippen molar-refractivity contribution in [3.63, 3.8) is 0 Å². The highest BCUT2D eigenvalue weighted by atomic mass is 19.4. The van der Waals surface area contributed by atoms with Gasteiger partial charge in [0.25, 0.3) is 5.69 Å². The lowest BCUT2D eigenvalue weighted by atomic mass is 10.1. The van der Waals surface area contributed by atoms with Crippen LogP contribution in [-0.2, 0) is 16.0 Å². The summed E-state index contributed by atoms with van der Waals surface area (Å²) in [6.07, 6.45) is -5.44. The molecule has 0 amide bonds. The topological polar surface area (TPSA) is 78.7 Å². The van der Waals surface area contributed by atoms with E-state index in [4.69, 9.17) is 0 Å². The van der Waals surface area contributed by atoms with Crippen LogP contribution in [0.2, 0.25) is 0 Å². The van der Waals surface area contributed by atoms with E-state index in [0.29, 0.717) is 0 Å². The number of alkyl halides is 3. The Balaban J connectivity index is 3.11. The molecule has 0 aromatic heterocycles. The summed E-state index contributed by atoms with van der Waals surface area (Å²) in [5, 5.41) is 10.7. The van der Waals surface area contributed by atoms with Crippen LogP contribution in [0.15, 0.2) is 18.2 Å². The van der Waals surface area contributed by atoms with Crippen LogP contribution in [-0.4, -0.2) is 24.4 Å². The number of nitro groups is 1. The summed E-state index contributed by atoms with van der Waals surface area (Å²) in [5.74, 6) is -1.45. The van der Waals surface area contributed by atoms with Gasteiger partial charge in [-0.05, 0) is 12.1 Å². The summed E-state index contributed by atoms with van der Waals surface area (Å²) in [5.41, 5.74) is -0.710. The molecule has 6 nitrogen and oxygen atoms in total. The zero-order valence-electron chi connectivity index (χ0n) is 9.56. The van der Waals surface area contributed by atoms with E-state index in [1.54, 1.807) is 0 Å². The molecule has 0 radical (unpaired) electrons. The first-order chi connectivity index (χ1) is 8.73. The van der Waals surface area contributed by atoms with Gasteiger partial charge in [0.05, 0.1) is 18.5 Å². The predicted molar refractivity (Wildman–Crippen MR) is 55.5 cm³/mol. The fourth-order valence-electron chi connectivity index (χ4n) is 1.31. The summed E-state index contributed by atoms with van der Waals surface area (Å²) in [6, 6.07) is 2.41. The highest BCUT2D eigenvalue weighted by molar-refractivity contribution is 5.74. The van der Waals surface area contributed by atoms with E-state index >= 15 is 0 Å². The Hall–Kier alpha value is -2.32. The maximum absolute atomic E-state index is 12.0. The van der Waals surface area contributed by atoms with E-state index in [1.807, 2.05) is 0 Å². The molecule has 0 heterocycles. The smallest absolute Gasteiger partial charge is 0.469 e. The summed E-state index contributed by atoms with van der Waals surface area (Å²) >= 11 is 0. The number of rotatable bonds is 4. The first-order valence-corrected chi connectivity index (χ1v) is 4.83. The van der Waals surface area contributed by atoms with Crippen molar-refractivity contribution >= 4 is 11.7 Å². The molecule has 0 aliphatic rings. The summed E-state index contributed by atoms with van der Waals surface area (Å²) in [4.78, 5) is 20.9.